The fraction of sp³-hybridized carbons (Fsp3) is 0.304. The van der Waals surface area contributed by atoms with E-state index >= 15 is 0 Å². The van der Waals surface area contributed by atoms with E-state index in [9.17, 15) is 4.79 Å². The van der Waals surface area contributed by atoms with Crippen molar-refractivity contribution >= 4 is 28.6 Å². The lowest BCUT2D eigenvalue weighted by molar-refractivity contribution is -0.119. The number of nitrogens with one attached hydrogen (secondary N) is 2. The van der Waals surface area contributed by atoms with Gasteiger partial charge >= 0.3 is 0 Å². The van der Waals surface area contributed by atoms with Crippen molar-refractivity contribution in [1.82, 2.24) is 29.6 Å². The first-order chi connectivity index (χ1) is 15.1. The number of anilines is 2. The third-order valence-corrected chi connectivity index (χ3v) is 6.21. The molecular formula is C23H23N7O. The Hall–Kier alpha value is -3.68. The predicted octanol–water partition coefficient (Wildman–Crippen LogP) is 3.43. The average molecular weight is 413 g/mol. The van der Waals surface area contributed by atoms with Crippen molar-refractivity contribution in [2.45, 2.75) is 44.8 Å². The van der Waals surface area contributed by atoms with Crippen LogP contribution in [0.5, 0.6) is 0 Å². The molecule has 1 saturated heterocycles. The summed E-state index contributed by atoms with van der Waals surface area (Å²) >= 11 is 0. The lowest BCUT2D eigenvalue weighted by atomic mass is 10.1. The van der Waals surface area contributed by atoms with E-state index in [-0.39, 0.29) is 11.9 Å². The number of hydrogen-bond donors (Lipinski definition) is 2. The Labute approximate surface area is 179 Å². The van der Waals surface area contributed by atoms with Crippen LogP contribution < -0.4 is 10.6 Å². The van der Waals surface area contributed by atoms with Gasteiger partial charge in [-0.3, -0.25) is 14.5 Å². The number of fused-ring (bicyclic) bond motifs is 3. The molecule has 0 aromatic carbocycles. The van der Waals surface area contributed by atoms with Crippen LogP contribution in [0.1, 0.15) is 31.2 Å². The van der Waals surface area contributed by atoms with Crippen LogP contribution in [-0.2, 0) is 17.9 Å². The first kappa shape index (κ1) is 18.1. The number of hydrogen-bond acceptors (Lipinski definition) is 5. The van der Waals surface area contributed by atoms with Crippen molar-refractivity contribution in [2.75, 3.05) is 5.32 Å². The largest absolute Gasteiger partial charge is 0.351 e. The highest BCUT2D eigenvalue weighted by Crippen LogP contribution is 2.33. The molecule has 2 atom stereocenters. The van der Waals surface area contributed by atoms with Crippen molar-refractivity contribution in [2.24, 2.45) is 0 Å². The molecule has 2 bridgehead atoms. The van der Waals surface area contributed by atoms with Gasteiger partial charge in [0, 0.05) is 54.6 Å². The Morgan fingerprint density at radius 2 is 2.10 bits per heavy atom. The van der Waals surface area contributed by atoms with E-state index in [2.05, 4.69) is 44.5 Å². The van der Waals surface area contributed by atoms with Crippen molar-refractivity contribution in [1.29, 1.82) is 0 Å². The van der Waals surface area contributed by atoms with E-state index in [1.807, 2.05) is 41.5 Å². The van der Waals surface area contributed by atoms with Gasteiger partial charge in [-0.15, -0.1) is 0 Å². The maximum absolute atomic E-state index is 11.4. The van der Waals surface area contributed by atoms with Gasteiger partial charge in [0.1, 0.15) is 11.6 Å². The summed E-state index contributed by atoms with van der Waals surface area (Å²) in [5, 5.41) is 10.9. The minimum atomic E-state index is 0.121. The normalized spacial score (nSPS) is 19.8. The standard InChI is InChI=1S/C23H23N7O/c1-14-10-29-11-16(14)7-22(29)28-21-4-3-19-20(27-21)6-15(8-24-19)17-9-25-30(12-17)13-18-2-5-23(31)26-18/h3-4,6-9,11-12,14,18H,2,5,10,13H2,1H3,(H,26,31)(H,27,28)/t14?,18-/m1/s1. The van der Waals surface area contributed by atoms with Gasteiger partial charge in [0.15, 0.2) is 0 Å². The molecule has 1 fully saturated rings. The molecule has 0 spiro atoms. The highest BCUT2D eigenvalue weighted by Gasteiger charge is 2.22. The number of pyridine rings is 2. The number of amides is 1. The van der Waals surface area contributed by atoms with Crippen LogP contribution in [0, 0.1) is 0 Å². The van der Waals surface area contributed by atoms with E-state index in [1.165, 1.54) is 5.56 Å². The van der Waals surface area contributed by atoms with Gasteiger partial charge in [-0.25, -0.2) is 4.98 Å². The van der Waals surface area contributed by atoms with E-state index < -0.39 is 0 Å². The molecule has 4 aromatic heterocycles. The SMILES string of the molecule is CC1Cn2cc1cc2Nc1ccc2ncc(-c3cnn(C[C@H]4CCC(=O)N4)c3)cc2n1. The zero-order chi connectivity index (χ0) is 20.9. The van der Waals surface area contributed by atoms with Crippen LogP contribution in [0.15, 0.2) is 49.1 Å². The second kappa shape index (κ2) is 6.94. The van der Waals surface area contributed by atoms with Gasteiger partial charge in [-0.05, 0) is 36.2 Å². The van der Waals surface area contributed by atoms with Crippen LogP contribution >= 0.6 is 0 Å². The molecule has 6 rings (SSSR count). The molecule has 4 aromatic rings. The van der Waals surface area contributed by atoms with Crippen LogP contribution in [0.4, 0.5) is 11.6 Å². The molecule has 0 radical (unpaired) electrons. The maximum Gasteiger partial charge on any atom is 0.220 e. The summed E-state index contributed by atoms with van der Waals surface area (Å²) in [6.07, 6.45) is 9.34. The summed E-state index contributed by atoms with van der Waals surface area (Å²) in [5.41, 5.74) is 5.01. The fourth-order valence-electron chi connectivity index (χ4n) is 4.47. The summed E-state index contributed by atoms with van der Waals surface area (Å²) in [6, 6.07) is 8.34. The maximum atomic E-state index is 11.4. The van der Waals surface area contributed by atoms with Crippen molar-refractivity contribution in [3.63, 3.8) is 0 Å². The molecule has 0 aliphatic carbocycles. The van der Waals surface area contributed by atoms with Crippen LogP contribution in [0.25, 0.3) is 22.2 Å². The predicted molar refractivity (Wildman–Crippen MR) is 118 cm³/mol. The van der Waals surface area contributed by atoms with Gasteiger partial charge in [-0.2, -0.15) is 5.10 Å². The summed E-state index contributed by atoms with van der Waals surface area (Å²) in [4.78, 5) is 20.8. The second-order valence-electron chi connectivity index (χ2n) is 8.55. The first-order valence-corrected chi connectivity index (χ1v) is 10.7. The van der Waals surface area contributed by atoms with Gasteiger partial charge in [0.05, 0.1) is 23.8 Å². The number of carbonyl (C=O) groups excluding carboxylic acids is 1. The lowest BCUT2D eigenvalue weighted by Gasteiger charge is -2.14. The lowest BCUT2D eigenvalue weighted by Crippen LogP contribution is -2.29. The highest BCUT2D eigenvalue weighted by atomic mass is 16.1. The monoisotopic (exact) mass is 413 g/mol. The Balaban J connectivity index is 1.24. The molecule has 1 unspecified atom stereocenters. The molecule has 2 aliphatic rings. The summed E-state index contributed by atoms with van der Waals surface area (Å²) in [6.45, 7) is 3.94. The number of carbonyl (C=O) groups is 1. The van der Waals surface area contributed by atoms with Crippen LogP contribution in [0.2, 0.25) is 0 Å². The van der Waals surface area contributed by atoms with Crippen molar-refractivity contribution in [3.05, 3.63) is 54.6 Å². The average Bonchev–Trinajstić information content (AvgIpc) is 3.54. The zero-order valence-corrected chi connectivity index (χ0v) is 17.2. The quantitative estimate of drug-likeness (QED) is 0.523. The summed E-state index contributed by atoms with van der Waals surface area (Å²) < 4.78 is 4.12. The summed E-state index contributed by atoms with van der Waals surface area (Å²) in [7, 11) is 0. The molecule has 31 heavy (non-hydrogen) atoms. The Bertz CT molecular complexity index is 1300. The van der Waals surface area contributed by atoms with Gasteiger partial charge in [0.2, 0.25) is 5.91 Å². The number of aromatic nitrogens is 5. The zero-order valence-electron chi connectivity index (χ0n) is 17.2. The Morgan fingerprint density at radius 1 is 1.16 bits per heavy atom. The Kier molecular flexibility index (Phi) is 4.05. The van der Waals surface area contributed by atoms with Gasteiger partial charge < -0.3 is 15.2 Å². The number of nitrogens with zero attached hydrogens (tertiary/aromatic N) is 5. The van der Waals surface area contributed by atoms with E-state index in [0.717, 1.165) is 46.8 Å². The molecule has 8 heteroatoms. The molecule has 0 saturated carbocycles. The third kappa shape index (κ3) is 3.34. The summed E-state index contributed by atoms with van der Waals surface area (Å²) in [5.74, 6) is 2.59. The molecular weight excluding hydrogens is 390 g/mol. The molecule has 2 aliphatic heterocycles. The van der Waals surface area contributed by atoms with Gasteiger partial charge in [0.25, 0.3) is 0 Å². The van der Waals surface area contributed by atoms with Crippen LogP contribution in [-0.4, -0.2) is 36.3 Å². The smallest absolute Gasteiger partial charge is 0.220 e. The minimum absolute atomic E-state index is 0.121. The second-order valence-corrected chi connectivity index (χ2v) is 8.55. The fourth-order valence-corrected chi connectivity index (χ4v) is 4.47. The van der Waals surface area contributed by atoms with Crippen LogP contribution in [0.3, 0.4) is 0 Å². The molecule has 156 valence electrons. The van der Waals surface area contributed by atoms with E-state index in [0.29, 0.717) is 18.9 Å². The van der Waals surface area contributed by atoms with Crippen molar-refractivity contribution in [3.8, 4) is 11.1 Å². The number of rotatable bonds is 5. The third-order valence-electron chi connectivity index (χ3n) is 6.21. The minimum Gasteiger partial charge on any atom is -0.351 e. The molecule has 8 nitrogen and oxygen atoms in total. The van der Waals surface area contributed by atoms with E-state index in [4.69, 9.17) is 4.98 Å². The topological polar surface area (TPSA) is 89.7 Å². The highest BCUT2D eigenvalue weighted by molar-refractivity contribution is 5.82. The molecule has 6 heterocycles. The van der Waals surface area contributed by atoms with Crippen molar-refractivity contribution < 1.29 is 4.79 Å². The molecule has 2 N–H and O–H groups in total. The molecule has 1 amide bonds. The van der Waals surface area contributed by atoms with E-state index in [1.54, 1.807) is 0 Å². The van der Waals surface area contributed by atoms with Gasteiger partial charge in [-0.1, -0.05) is 6.92 Å². The first-order valence-electron chi connectivity index (χ1n) is 10.7. The Morgan fingerprint density at radius 3 is 2.87 bits per heavy atom.